The lowest BCUT2D eigenvalue weighted by Crippen LogP contribution is -2.36. The second-order valence-corrected chi connectivity index (χ2v) is 6.02. The van der Waals surface area contributed by atoms with Gasteiger partial charge in [-0.1, -0.05) is 20.3 Å². The summed E-state index contributed by atoms with van der Waals surface area (Å²) in [6, 6.07) is 0.411. The zero-order valence-electron chi connectivity index (χ0n) is 13.3. The maximum Gasteiger partial charge on any atom is 0.202 e. The van der Waals surface area contributed by atoms with Crippen molar-refractivity contribution in [1.29, 1.82) is 0 Å². The fourth-order valence-corrected chi connectivity index (χ4v) is 3.51. The SMILES string of the molecule is CCCc1nn(C)c2c1nc(N)n2C1CCCN(CC)C1. The fraction of sp³-hybridized carbons (Fsp3) is 0.733. The number of rotatable bonds is 4. The summed E-state index contributed by atoms with van der Waals surface area (Å²) < 4.78 is 4.16. The van der Waals surface area contributed by atoms with Crippen molar-refractivity contribution in [3.8, 4) is 0 Å². The Morgan fingerprint density at radius 2 is 2.14 bits per heavy atom. The van der Waals surface area contributed by atoms with E-state index in [0.717, 1.165) is 42.8 Å². The summed E-state index contributed by atoms with van der Waals surface area (Å²) in [5.41, 5.74) is 9.39. The van der Waals surface area contributed by atoms with Crippen LogP contribution in [-0.2, 0) is 13.5 Å². The molecule has 0 spiro atoms. The van der Waals surface area contributed by atoms with Gasteiger partial charge in [0.2, 0.25) is 5.95 Å². The van der Waals surface area contributed by atoms with E-state index >= 15 is 0 Å². The van der Waals surface area contributed by atoms with E-state index in [1.807, 2.05) is 11.7 Å². The van der Waals surface area contributed by atoms with Crippen molar-refractivity contribution >= 4 is 17.1 Å². The van der Waals surface area contributed by atoms with Gasteiger partial charge in [-0.2, -0.15) is 5.10 Å². The van der Waals surface area contributed by atoms with Crippen LogP contribution in [0.5, 0.6) is 0 Å². The van der Waals surface area contributed by atoms with Crippen LogP contribution in [0.2, 0.25) is 0 Å². The van der Waals surface area contributed by atoms with Crippen molar-refractivity contribution < 1.29 is 0 Å². The Hall–Kier alpha value is -1.56. The highest BCUT2D eigenvalue weighted by Crippen LogP contribution is 2.30. The lowest BCUT2D eigenvalue weighted by atomic mass is 10.1. The predicted octanol–water partition coefficient (Wildman–Crippen LogP) is 1.96. The maximum atomic E-state index is 6.24. The van der Waals surface area contributed by atoms with Crippen molar-refractivity contribution in [2.45, 2.75) is 45.6 Å². The number of imidazole rings is 1. The minimum atomic E-state index is 0.411. The first-order valence-electron chi connectivity index (χ1n) is 8.07. The molecular formula is C15H26N6. The van der Waals surface area contributed by atoms with Gasteiger partial charge in [-0.25, -0.2) is 4.98 Å². The van der Waals surface area contributed by atoms with Crippen molar-refractivity contribution in [2.75, 3.05) is 25.4 Å². The number of anilines is 1. The van der Waals surface area contributed by atoms with Crippen LogP contribution in [0.15, 0.2) is 0 Å². The Bertz CT molecular complexity index is 626. The molecule has 116 valence electrons. The van der Waals surface area contributed by atoms with Gasteiger partial charge in [-0.05, 0) is 32.4 Å². The minimum Gasteiger partial charge on any atom is -0.369 e. The van der Waals surface area contributed by atoms with Crippen LogP contribution in [0.1, 0.15) is 44.8 Å². The molecule has 21 heavy (non-hydrogen) atoms. The van der Waals surface area contributed by atoms with E-state index in [4.69, 9.17) is 5.73 Å². The van der Waals surface area contributed by atoms with E-state index in [2.05, 4.69) is 33.4 Å². The Kier molecular flexibility index (Phi) is 3.89. The predicted molar refractivity (Wildman–Crippen MR) is 85.3 cm³/mol. The van der Waals surface area contributed by atoms with E-state index in [1.165, 1.54) is 19.4 Å². The van der Waals surface area contributed by atoms with Crippen molar-refractivity contribution in [3.63, 3.8) is 0 Å². The van der Waals surface area contributed by atoms with Gasteiger partial charge in [0.25, 0.3) is 0 Å². The largest absolute Gasteiger partial charge is 0.369 e. The number of fused-ring (bicyclic) bond motifs is 1. The number of hydrogen-bond donors (Lipinski definition) is 1. The van der Waals surface area contributed by atoms with E-state index < -0.39 is 0 Å². The average Bonchev–Trinajstić information content (AvgIpc) is 2.97. The third-order valence-electron chi connectivity index (χ3n) is 4.54. The molecular weight excluding hydrogens is 264 g/mol. The van der Waals surface area contributed by atoms with Gasteiger partial charge in [0.15, 0.2) is 5.65 Å². The maximum absolute atomic E-state index is 6.24. The summed E-state index contributed by atoms with van der Waals surface area (Å²) >= 11 is 0. The first-order valence-corrected chi connectivity index (χ1v) is 8.07. The number of likely N-dealkylation sites (N-methyl/N-ethyl adjacent to an activating group) is 1. The van der Waals surface area contributed by atoms with E-state index in [0.29, 0.717) is 12.0 Å². The monoisotopic (exact) mass is 290 g/mol. The van der Waals surface area contributed by atoms with Crippen LogP contribution in [0, 0.1) is 0 Å². The minimum absolute atomic E-state index is 0.411. The molecule has 0 amide bonds. The fourth-order valence-electron chi connectivity index (χ4n) is 3.51. The standard InChI is InChI=1S/C15H26N6/c1-4-7-12-13-14(19(3)18-12)21(15(16)17-13)11-8-6-9-20(5-2)10-11/h11H,4-10H2,1-3H3,(H2,16,17). The van der Waals surface area contributed by atoms with Crippen LogP contribution in [0.25, 0.3) is 11.2 Å². The van der Waals surface area contributed by atoms with Crippen molar-refractivity contribution in [3.05, 3.63) is 5.69 Å². The van der Waals surface area contributed by atoms with Crippen LogP contribution in [0.4, 0.5) is 5.95 Å². The van der Waals surface area contributed by atoms with Crippen LogP contribution in [-0.4, -0.2) is 43.9 Å². The highest BCUT2D eigenvalue weighted by molar-refractivity contribution is 5.78. The molecule has 3 heterocycles. The highest BCUT2D eigenvalue weighted by Gasteiger charge is 2.26. The summed E-state index contributed by atoms with van der Waals surface area (Å²) in [6.07, 6.45) is 4.42. The number of nitrogens with zero attached hydrogens (tertiary/aromatic N) is 5. The highest BCUT2D eigenvalue weighted by atomic mass is 15.4. The van der Waals surface area contributed by atoms with Gasteiger partial charge in [0.05, 0.1) is 11.7 Å². The van der Waals surface area contributed by atoms with Crippen LogP contribution >= 0.6 is 0 Å². The van der Waals surface area contributed by atoms with E-state index in [9.17, 15) is 0 Å². The molecule has 6 nitrogen and oxygen atoms in total. The summed E-state index contributed by atoms with van der Waals surface area (Å²) in [6.45, 7) is 7.73. The van der Waals surface area contributed by atoms with E-state index in [1.54, 1.807) is 0 Å². The summed E-state index contributed by atoms with van der Waals surface area (Å²) in [5.74, 6) is 0.637. The molecule has 1 aliphatic heterocycles. The first kappa shape index (κ1) is 14.4. The Morgan fingerprint density at radius 1 is 1.33 bits per heavy atom. The number of piperidine rings is 1. The number of likely N-dealkylation sites (tertiary alicyclic amines) is 1. The van der Waals surface area contributed by atoms with Crippen LogP contribution < -0.4 is 5.73 Å². The number of hydrogen-bond acceptors (Lipinski definition) is 4. The van der Waals surface area contributed by atoms with Gasteiger partial charge in [-0.3, -0.25) is 9.25 Å². The third-order valence-corrected chi connectivity index (χ3v) is 4.54. The van der Waals surface area contributed by atoms with Gasteiger partial charge < -0.3 is 10.6 Å². The Labute approximate surface area is 125 Å². The molecule has 3 rings (SSSR count). The molecule has 1 unspecified atom stereocenters. The van der Waals surface area contributed by atoms with E-state index in [-0.39, 0.29) is 0 Å². The zero-order valence-corrected chi connectivity index (χ0v) is 13.3. The number of aromatic nitrogens is 4. The molecule has 1 fully saturated rings. The second-order valence-electron chi connectivity index (χ2n) is 6.02. The molecule has 0 aliphatic carbocycles. The Morgan fingerprint density at radius 3 is 2.86 bits per heavy atom. The lowest BCUT2D eigenvalue weighted by Gasteiger charge is -2.33. The first-order chi connectivity index (χ1) is 10.2. The molecule has 1 saturated heterocycles. The summed E-state index contributed by atoms with van der Waals surface area (Å²) in [4.78, 5) is 7.11. The second kappa shape index (κ2) is 5.67. The van der Waals surface area contributed by atoms with Crippen molar-refractivity contribution in [1.82, 2.24) is 24.2 Å². The molecule has 6 heteroatoms. The summed E-state index contributed by atoms with van der Waals surface area (Å²) in [5, 5.41) is 4.64. The lowest BCUT2D eigenvalue weighted by molar-refractivity contribution is 0.188. The van der Waals surface area contributed by atoms with Crippen molar-refractivity contribution in [2.24, 2.45) is 7.05 Å². The van der Waals surface area contributed by atoms with Gasteiger partial charge in [0, 0.05) is 13.6 Å². The normalized spacial score (nSPS) is 20.4. The molecule has 1 atom stereocenters. The molecule has 2 N–H and O–H groups in total. The van der Waals surface area contributed by atoms with Crippen LogP contribution in [0.3, 0.4) is 0 Å². The summed E-state index contributed by atoms with van der Waals surface area (Å²) in [7, 11) is 2.00. The molecule has 0 aromatic carbocycles. The van der Waals surface area contributed by atoms with Gasteiger partial charge in [-0.15, -0.1) is 0 Å². The topological polar surface area (TPSA) is 64.9 Å². The third kappa shape index (κ3) is 2.41. The number of nitrogen functional groups attached to an aromatic ring is 1. The molecule has 0 radical (unpaired) electrons. The zero-order chi connectivity index (χ0) is 15.0. The molecule has 0 saturated carbocycles. The smallest absolute Gasteiger partial charge is 0.202 e. The van der Waals surface area contributed by atoms with Gasteiger partial charge in [0.1, 0.15) is 5.52 Å². The molecule has 2 aromatic rings. The molecule has 2 aromatic heterocycles. The number of aryl methyl sites for hydroxylation is 2. The average molecular weight is 290 g/mol. The quantitative estimate of drug-likeness (QED) is 0.935. The van der Waals surface area contributed by atoms with Gasteiger partial charge >= 0.3 is 0 Å². The molecule has 0 bridgehead atoms. The number of nitrogens with two attached hydrogens (primary N) is 1. The Balaban J connectivity index is 2.03. The molecule has 1 aliphatic rings.